The first-order valence-electron chi connectivity index (χ1n) is 5.51. The number of imidazole rings is 1. The normalized spacial score (nSPS) is 10.2. The monoisotopic (exact) mass is 248 g/mol. The minimum atomic E-state index is 0.474. The Labute approximate surface area is 106 Å². The Bertz CT molecular complexity index is 549. The number of aromatic nitrogens is 2. The van der Waals surface area contributed by atoms with E-state index < -0.39 is 0 Å². The second-order valence-electron chi connectivity index (χ2n) is 3.83. The zero-order chi connectivity index (χ0) is 13.1. The summed E-state index contributed by atoms with van der Waals surface area (Å²) in [4.78, 5) is 7.18. The molecule has 0 bridgehead atoms. The third-order valence-corrected chi connectivity index (χ3v) is 2.74. The second kappa shape index (κ2) is 5.00. The molecule has 0 fully saturated rings. The maximum absolute atomic E-state index is 5.40. The molecule has 2 aromatic rings. The summed E-state index contributed by atoms with van der Waals surface area (Å²) in [7, 11) is 4.83. The highest BCUT2D eigenvalue weighted by molar-refractivity contribution is 5.72. The third kappa shape index (κ3) is 2.11. The van der Waals surface area contributed by atoms with Gasteiger partial charge in [0.1, 0.15) is 11.5 Å². The first-order chi connectivity index (χ1) is 8.69. The standard InChI is InChI=1S/C13H16N2O3/c1-8-5-9(16-2)6-11(17-3)12(8)10-7-14-13(15-10)18-4/h5-7H,1-4H3,(H,14,15). The Hall–Kier alpha value is -2.17. The number of nitrogens with zero attached hydrogens (tertiary/aromatic N) is 1. The lowest BCUT2D eigenvalue weighted by molar-refractivity contribution is 0.384. The van der Waals surface area contributed by atoms with E-state index in [1.54, 1.807) is 27.5 Å². The number of rotatable bonds is 4. The topological polar surface area (TPSA) is 56.4 Å². The van der Waals surface area contributed by atoms with Gasteiger partial charge >= 0.3 is 0 Å². The average Bonchev–Trinajstić information content (AvgIpc) is 2.85. The number of methoxy groups -OCH3 is 3. The van der Waals surface area contributed by atoms with E-state index in [-0.39, 0.29) is 0 Å². The van der Waals surface area contributed by atoms with Crippen LogP contribution in [0.5, 0.6) is 17.5 Å². The summed E-state index contributed by atoms with van der Waals surface area (Å²) in [5, 5.41) is 0. The van der Waals surface area contributed by atoms with Gasteiger partial charge in [0.2, 0.25) is 0 Å². The minimum absolute atomic E-state index is 0.474. The summed E-state index contributed by atoms with van der Waals surface area (Å²) in [6.45, 7) is 1.99. The molecule has 0 amide bonds. The molecule has 0 aliphatic heterocycles. The van der Waals surface area contributed by atoms with Gasteiger partial charge < -0.3 is 19.2 Å². The summed E-state index contributed by atoms with van der Waals surface area (Å²) >= 11 is 0. The second-order valence-corrected chi connectivity index (χ2v) is 3.83. The quantitative estimate of drug-likeness (QED) is 0.902. The predicted molar refractivity (Wildman–Crippen MR) is 68.4 cm³/mol. The van der Waals surface area contributed by atoms with Crippen molar-refractivity contribution in [2.45, 2.75) is 6.92 Å². The maximum atomic E-state index is 5.40. The molecule has 0 unspecified atom stereocenters. The van der Waals surface area contributed by atoms with Crippen molar-refractivity contribution in [3.63, 3.8) is 0 Å². The van der Waals surface area contributed by atoms with Gasteiger partial charge in [-0.2, -0.15) is 0 Å². The highest BCUT2D eigenvalue weighted by atomic mass is 16.5. The number of benzene rings is 1. The highest BCUT2D eigenvalue weighted by Crippen LogP contribution is 2.36. The smallest absolute Gasteiger partial charge is 0.293 e. The van der Waals surface area contributed by atoms with E-state index in [1.807, 2.05) is 19.1 Å². The molecule has 18 heavy (non-hydrogen) atoms. The Morgan fingerprint density at radius 2 is 1.83 bits per heavy atom. The van der Waals surface area contributed by atoms with Crippen molar-refractivity contribution in [2.75, 3.05) is 21.3 Å². The molecule has 5 nitrogen and oxygen atoms in total. The molecule has 0 saturated carbocycles. The Morgan fingerprint density at radius 1 is 1.06 bits per heavy atom. The molecule has 0 saturated heterocycles. The van der Waals surface area contributed by atoms with Crippen molar-refractivity contribution >= 4 is 0 Å². The van der Waals surface area contributed by atoms with E-state index in [0.717, 1.165) is 28.3 Å². The van der Waals surface area contributed by atoms with E-state index >= 15 is 0 Å². The maximum Gasteiger partial charge on any atom is 0.293 e. The van der Waals surface area contributed by atoms with Crippen LogP contribution in [0.4, 0.5) is 0 Å². The molecular weight excluding hydrogens is 232 g/mol. The number of hydrogen-bond acceptors (Lipinski definition) is 4. The van der Waals surface area contributed by atoms with Gasteiger partial charge in [-0.05, 0) is 18.6 Å². The Kier molecular flexibility index (Phi) is 3.41. The molecule has 0 aliphatic carbocycles. The molecule has 0 spiro atoms. The van der Waals surface area contributed by atoms with E-state index in [4.69, 9.17) is 14.2 Å². The molecule has 1 aromatic carbocycles. The van der Waals surface area contributed by atoms with Crippen molar-refractivity contribution in [1.82, 2.24) is 9.97 Å². The summed E-state index contributed by atoms with van der Waals surface area (Å²) in [5.74, 6) is 1.50. The Balaban J connectivity index is 2.55. The lowest BCUT2D eigenvalue weighted by atomic mass is 10.0. The van der Waals surface area contributed by atoms with E-state index in [0.29, 0.717) is 6.01 Å². The molecular formula is C13H16N2O3. The van der Waals surface area contributed by atoms with Crippen LogP contribution in [0.1, 0.15) is 5.56 Å². The van der Waals surface area contributed by atoms with Gasteiger partial charge in [0.15, 0.2) is 0 Å². The van der Waals surface area contributed by atoms with Crippen LogP contribution in [0, 0.1) is 6.92 Å². The Morgan fingerprint density at radius 3 is 2.39 bits per heavy atom. The van der Waals surface area contributed by atoms with E-state index in [2.05, 4.69) is 9.97 Å². The summed E-state index contributed by atoms with van der Waals surface area (Å²) in [6, 6.07) is 4.27. The van der Waals surface area contributed by atoms with Gasteiger partial charge in [-0.1, -0.05) is 0 Å². The number of aryl methyl sites for hydroxylation is 1. The van der Waals surface area contributed by atoms with Gasteiger partial charge in [-0.25, -0.2) is 4.98 Å². The average molecular weight is 248 g/mol. The van der Waals surface area contributed by atoms with E-state index in [9.17, 15) is 0 Å². The lowest BCUT2D eigenvalue weighted by Gasteiger charge is -2.12. The van der Waals surface area contributed by atoms with Crippen molar-refractivity contribution < 1.29 is 14.2 Å². The number of nitrogens with one attached hydrogen (secondary N) is 1. The molecule has 1 aromatic heterocycles. The van der Waals surface area contributed by atoms with Gasteiger partial charge in [0.25, 0.3) is 6.01 Å². The molecule has 1 heterocycles. The van der Waals surface area contributed by atoms with Crippen LogP contribution in [0.25, 0.3) is 11.3 Å². The predicted octanol–water partition coefficient (Wildman–Crippen LogP) is 2.41. The molecule has 1 N–H and O–H groups in total. The molecule has 5 heteroatoms. The zero-order valence-electron chi connectivity index (χ0n) is 10.9. The van der Waals surface area contributed by atoms with Crippen molar-refractivity contribution in [3.8, 4) is 28.8 Å². The fourth-order valence-corrected chi connectivity index (χ4v) is 1.88. The highest BCUT2D eigenvalue weighted by Gasteiger charge is 2.14. The van der Waals surface area contributed by atoms with Crippen molar-refractivity contribution in [2.24, 2.45) is 0 Å². The fourth-order valence-electron chi connectivity index (χ4n) is 1.88. The van der Waals surface area contributed by atoms with Gasteiger partial charge in [0.05, 0.1) is 33.2 Å². The van der Waals surface area contributed by atoms with Crippen LogP contribution in [0.3, 0.4) is 0 Å². The molecule has 2 rings (SSSR count). The number of hydrogen-bond donors (Lipinski definition) is 1. The molecule has 0 radical (unpaired) electrons. The number of H-pyrrole nitrogens is 1. The van der Waals surface area contributed by atoms with Crippen LogP contribution < -0.4 is 14.2 Å². The van der Waals surface area contributed by atoms with Crippen molar-refractivity contribution in [1.29, 1.82) is 0 Å². The number of ether oxygens (including phenoxy) is 3. The SMILES string of the molecule is COc1cc(C)c(-c2cnc(OC)[nH]2)c(OC)c1. The first-order valence-corrected chi connectivity index (χ1v) is 5.51. The molecule has 0 aliphatic rings. The van der Waals surface area contributed by atoms with E-state index in [1.165, 1.54) is 0 Å². The van der Waals surface area contributed by atoms with Crippen molar-refractivity contribution in [3.05, 3.63) is 23.9 Å². The fraction of sp³-hybridized carbons (Fsp3) is 0.308. The molecule has 0 atom stereocenters. The van der Waals surface area contributed by atoms with Crippen LogP contribution in [-0.4, -0.2) is 31.3 Å². The van der Waals surface area contributed by atoms with Crippen LogP contribution in [-0.2, 0) is 0 Å². The largest absolute Gasteiger partial charge is 0.497 e. The zero-order valence-corrected chi connectivity index (χ0v) is 10.9. The summed E-state index contributed by atoms with van der Waals surface area (Å²) in [5.41, 5.74) is 2.84. The first kappa shape index (κ1) is 12.3. The lowest BCUT2D eigenvalue weighted by Crippen LogP contribution is -1.94. The van der Waals surface area contributed by atoms with Crippen LogP contribution in [0.2, 0.25) is 0 Å². The third-order valence-electron chi connectivity index (χ3n) is 2.74. The van der Waals surface area contributed by atoms with Crippen LogP contribution in [0.15, 0.2) is 18.3 Å². The van der Waals surface area contributed by atoms with Gasteiger partial charge in [-0.15, -0.1) is 0 Å². The summed E-state index contributed by atoms with van der Waals surface area (Å²) < 4.78 is 15.7. The minimum Gasteiger partial charge on any atom is -0.497 e. The van der Waals surface area contributed by atoms with Crippen LogP contribution >= 0.6 is 0 Å². The van der Waals surface area contributed by atoms with Gasteiger partial charge in [0, 0.05) is 11.6 Å². The molecule has 96 valence electrons. The van der Waals surface area contributed by atoms with Gasteiger partial charge in [-0.3, -0.25) is 0 Å². The number of aromatic amines is 1. The summed E-state index contributed by atoms with van der Waals surface area (Å²) in [6.07, 6.45) is 1.72.